The lowest BCUT2D eigenvalue weighted by atomic mass is 10.1. The molecule has 0 bridgehead atoms. The number of fused-ring (bicyclic) bond motifs is 1. The van der Waals surface area contributed by atoms with Crippen molar-refractivity contribution in [3.63, 3.8) is 0 Å². The van der Waals surface area contributed by atoms with Crippen LogP contribution in [0.3, 0.4) is 0 Å². The van der Waals surface area contributed by atoms with Gasteiger partial charge in [0.15, 0.2) is 0 Å². The highest BCUT2D eigenvalue weighted by atomic mass is 19.1. The SMILES string of the molecule is CCNCc1cc(F)ccc1Oc1ccc2c(c1)CCC2. The lowest BCUT2D eigenvalue weighted by Gasteiger charge is -2.12. The molecule has 3 rings (SSSR count). The number of ether oxygens (including phenoxy) is 1. The maximum Gasteiger partial charge on any atom is 0.132 e. The highest BCUT2D eigenvalue weighted by molar-refractivity contribution is 5.42. The van der Waals surface area contributed by atoms with Gasteiger partial charge in [-0.15, -0.1) is 0 Å². The van der Waals surface area contributed by atoms with Crippen molar-refractivity contribution < 1.29 is 9.13 Å². The zero-order chi connectivity index (χ0) is 14.7. The smallest absolute Gasteiger partial charge is 0.132 e. The molecular formula is C18H20FNO. The first-order chi connectivity index (χ1) is 10.3. The van der Waals surface area contributed by atoms with Crippen LogP contribution < -0.4 is 10.1 Å². The summed E-state index contributed by atoms with van der Waals surface area (Å²) < 4.78 is 19.4. The van der Waals surface area contributed by atoms with Crippen LogP contribution in [0.25, 0.3) is 0 Å². The quantitative estimate of drug-likeness (QED) is 0.888. The summed E-state index contributed by atoms with van der Waals surface area (Å²) in [4.78, 5) is 0. The molecule has 2 nitrogen and oxygen atoms in total. The second-order valence-corrected chi connectivity index (χ2v) is 5.42. The standard InChI is InChI=1S/C18H20FNO/c1-2-20-12-15-10-16(19)7-9-18(15)21-17-8-6-13-4-3-5-14(13)11-17/h6-11,20H,2-5,12H2,1H3. The molecule has 0 unspecified atom stereocenters. The van der Waals surface area contributed by atoms with E-state index in [0.717, 1.165) is 36.4 Å². The van der Waals surface area contributed by atoms with E-state index in [1.807, 2.05) is 13.0 Å². The van der Waals surface area contributed by atoms with Gasteiger partial charge in [-0.1, -0.05) is 13.0 Å². The molecule has 21 heavy (non-hydrogen) atoms. The van der Waals surface area contributed by atoms with Crippen LogP contribution in [0.5, 0.6) is 11.5 Å². The fraction of sp³-hybridized carbons (Fsp3) is 0.333. The van der Waals surface area contributed by atoms with Crippen molar-refractivity contribution >= 4 is 0 Å². The summed E-state index contributed by atoms with van der Waals surface area (Å²) in [6.07, 6.45) is 3.51. The van der Waals surface area contributed by atoms with Gasteiger partial charge in [0.1, 0.15) is 17.3 Å². The predicted molar refractivity (Wildman–Crippen MR) is 82.3 cm³/mol. The Balaban J connectivity index is 1.83. The topological polar surface area (TPSA) is 21.3 Å². The van der Waals surface area contributed by atoms with Crippen molar-refractivity contribution in [2.24, 2.45) is 0 Å². The molecular weight excluding hydrogens is 265 g/mol. The zero-order valence-electron chi connectivity index (χ0n) is 12.3. The summed E-state index contributed by atoms with van der Waals surface area (Å²) in [5, 5.41) is 3.21. The van der Waals surface area contributed by atoms with Gasteiger partial charge in [0.25, 0.3) is 0 Å². The molecule has 0 atom stereocenters. The molecule has 1 N–H and O–H groups in total. The van der Waals surface area contributed by atoms with Gasteiger partial charge in [-0.05, 0) is 67.3 Å². The molecule has 0 aliphatic heterocycles. The van der Waals surface area contributed by atoms with Crippen molar-refractivity contribution in [1.82, 2.24) is 5.32 Å². The molecule has 110 valence electrons. The summed E-state index contributed by atoms with van der Waals surface area (Å²) in [7, 11) is 0. The van der Waals surface area contributed by atoms with E-state index in [1.165, 1.54) is 29.7 Å². The monoisotopic (exact) mass is 285 g/mol. The number of nitrogens with one attached hydrogen (secondary N) is 1. The second-order valence-electron chi connectivity index (χ2n) is 5.42. The summed E-state index contributed by atoms with van der Waals surface area (Å²) in [5.74, 6) is 1.32. The third-order valence-electron chi connectivity index (χ3n) is 3.89. The number of halogens is 1. The first-order valence-electron chi connectivity index (χ1n) is 7.55. The normalized spacial score (nSPS) is 13.2. The molecule has 3 heteroatoms. The lowest BCUT2D eigenvalue weighted by Crippen LogP contribution is -2.12. The Morgan fingerprint density at radius 1 is 1.10 bits per heavy atom. The van der Waals surface area contributed by atoms with Gasteiger partial charge in [0, 0.05) is 12.1 Å². The van der Waals surface area contributed by atoms with Crippen LogP contribution in [-0.2, 0) is 19.4 Å². The van der Waals surface area contributed by atoms with Gasteiger partial charge >= 0.3 is 0 Å². The van der Waals surface area contributed by atoms with Crippen LogP contribution in [0.1, 0.15) is 30.0 Å². The summed E-state index contributed by atoms with van der Waals surface area (Å²) in [6.45, 7) is 3.48. The summed E-state index contributed by atoms with van der Waals surface area (Å²) in [6, 6.07) is 10.9. The van der Waals surface area contributed by atoms with Crippen LogP contribution in [0.2, 0.25) is 0 Å². The average Bonchev–Trinajstić information content (AvgIpc) is 2.95. The molecule has 0 amide bonds. The molecule has 0 radical (unpaired) electrons. The van der Waals surface area contributed by atoms with Crippen LogP contribution >= 0.6 is 0 Å². The van der Waals surface area contributed by atoms with Gasteiger partial charge in [0.2, 0.25) is 0 Å². The highest BCUT2D eigenvalue weighted by Crippen LogP contribution is 2.30. The van der Waals surface area contributed by atoms with Gasteiger partial charge in [-0.25, -0.2) is 4.39 Å². The van der Waals surface area contributed by atoms with E-state index in [-0.39, 0.29) is 5.82 Å². The van der Waals surface area contributed by atoms with E-state index in [0.29, 0.717) is 6.54 Å². The highest BCUT2D eigenvalue weighted by Gasteiger charge is 2.12. The van der Waals surface area contributed by atoms with Crippen molar-refractivity contribution in [2.75, 3.05) is 6.54 Å². The Hall–Kier alpha value is -1.87. The molecule has 0 spiro atoms. The van der Waals surface area contributed by atoms with E-state index in [4.69, 9.17) is 4.74 Å². The lowest BCUT2D eigenvalue weighted by molar-refractivity contribution is 0.470. The van der Waals surface area contributed by atoms with Crippen molar-refractivity contribution in [3.05, 3.63) is 58.9 Å². The Morgan fingerprint density at radius 2 is 1.95 bits per heavy atom. The van der Waals surface area contributed by atoms with Crippen LogP contribution in [0.4, 0.5) is 4.39 Å². The third kappa shape index (κ3) is 3.24. The minimum atomic E-state index is -0.232. The molecule has 0 aromatic heterocycles. The van der Waals surface area contributed by atoms with Gasteiger partial charge in [-0.3, -0.25) is 0 Å². The number of aryl methyl sites for hydroxylation is 2. The number of hydrogen-bond donors (Lipinski definition) is 1. The molecule has 2 aromatic carbocycles. The van der Waals surface area contributed by atoms with E-state index in [2.05, 4.69) is 17.4 Å². The largest absolute Gasteiger partial charge is 0.457 e. The maximum absolute atomic E-state index is 13.4. The molecule has 0 saturated heterocycles. The van der Waals surface area contributed by atoms with Crippen LogP contribution in [-0.4, -0.2) is 6.54 Å². The van der Waals surface area contributed by atoms with Gasteiger partial charge in [-0.2, -0.15) is 0 Å². The predicted octanol–water partition coefficient (Wildman–Crippen LogP) is 4.22. The van der Waals surface area contributed by atoms with E-state index in [1.54, 1.807) is 6.07 Å². The Kier molecular flexibility index (Phi) is 4.20. The molecule has 0 saturated carbocycles. The molecule has 1 aliphatic rings. The van der Waals surface area contributed by atoms with Gasteiger partial charge < -0.3 is 10.1 Å². The number of benzene rings is 2. The van der Waals surface area contributed by atoms with E-state index in [9.17, 15) is 4.39 Å². The second kappa shape index (κ2) is 6.27. The zero-order valence-corrected chi connectivity index (χ0v) is 12.3. The summed E-state index contributed by atoms with van der Waals surface area (Å²) >= 11 is 0. The minimum Gasteiger partial charge on any atom is -0.457 e. The fourth-order valence-corrected chi connectivity index (χ4v) is 2.78. The van der Waals surface area contributed by atoms with Gasteiger partial charge in [0.05, 0.1) is 0 Å². The first kappa shape index (κ1) is 14.1. The average molecular weight is 285 g/mol. The van der Waals surface area contributed by atoms with Crippen LogP contribution in [0, 0.1) is 5.82 Å². The fourth-order valence-electron chi connectivity index (χ4n) is 2.78. The van der Waals surface area contributed by atoms with E-state index < -0.39 is 0 Å². The number of rotatable bonds is 5. The Morgan fingerprint density at radius 3 is 2.81 bits per heavy atom. The Bertz CT molecular complexity index is 639. The molecule has 1 aliphatic carbocycles. The molecule has 0 heterocycles. The first-order valence-corrected chi connectivity index (χ1v) is 7.55. The van der Waals surface area contributed by atoms with Crippen LogP contribution in [0.15, 0.2) is 36.4 Å². The molecule has 0 fully saturated rings. The minimum absolute atomic E-state index is 0.232. The van der Waals surface area contributed by atoms with Crippen molar-refractivity contribution in [1.29, 1.82) is 0 Å². The Labute approximate surface area is 125 Å². The molecule has 2 aromatic rings. The number of hydrogen-bond acceptors (Lipinski definition) is 2. The van der Waals surface area contributed by atoms with E-state index >= 15 is 0 Å². The summed E-state index contributed by atoms with van der Waals surface area (Å²) in [5.41, 5.74) is 3.65. The van der Waals surface area contributed by atoms with Crippen molar-refractivity contribution in [3.8, 4) is 11.5 Å². The van der Waals surface area contributed by atoms with Crippen molar-refractivity contribution in [2.45, 2.75) is 32.7 Å². The maximum atomic E-state index is 13.4. The third-order valence-corrected chi connectivity index (χ3v) is 3.89.